The van der Waals surface area contributed by atoms with Gasteiger partial charge in [-0.05, 0) is 12.5 Å². The molecule has 1 heterocycles. The molecule has 4 heteroatoms. The van der Waals surface area contributed by atoms with Crippen LogP contribution in [0.1, 0.15) is 46.0 Å². The Kier molecular flexibility index (Phi) is 13.8. The van der Waals surface area contributed by atoms with Crippen molar-refractivity contribution in [1.82, 2.24) is 9.97 Å². The van der Waals surface area contributed by atoms with Gasteiger partial charge in [0.1, 0.15) is 5.82 Å². The number of hydrogen-bond donors (Lipinski definition) is 1. The van der Waals surface area contributed by atoms with E-state index in [1.54, 1.807) is 0 Å². The average molecular weight is 243 g/mol. The van der Waals surface area contributed by atoms with Gasteiger partial charge in [-0.3, -0.25) is 5.14 Å². The normalized spacial score (nSPS) is 10.4. The molecule has 1 atom stereocenters. The van der Waals surface area contributed by atoms with Crippen molar-refractivity contribution in [2.75, 3.05) is 0 Å². The standard InChI is InChI=1S/C8H13N3S.2C2H6/c1-6-4-10-8(11-5-6)3-7(2)12-9;2*1-2/h4-5,7H,3,9H2,1-2H3;2*1-2H3. The van der Waals surface area contributed by atoms with Gasteiger partial charge in [0.25, 0.3) is 0 Å². The van der Waals surface area contributed by atoms with Crippen LogP contribution in [0.25, 0.3) is 0 Å². The van der Waals surface area contributed by atoms with Crippen molar-refractivity contribution >= 4 is 11.9 Å². The maximum Gasteiger partial charge on any atom is 0.129 e. The summed E-state index contributed by atoms with van der Waals surface area (Å²) in [5.41, 5.74) is 1.09. The van der Waals surface area contributed by atoms with Gasteiger partial charge in [0, 0.05) is 24.1 Å². The molecule has 0 spiro atoms. The lowest BCUT2D eigenvalue weighted by Gasteiger charge is -2.05. The molecule has 0 aromatic carbocycles. The summed E-state index contributed by atoms with van der Waals surface area (Å²) in [6.07, 6.45) is 4.49. The lowest BCUT2D eigenvalue weighted by molar-refractivity contribution is 0.845. The molecular formula is C12H25N3S. The maximum absolute atomic E-state index is 5.41. The van der Waals surface area contributed by atoms with Crippen molar-refractivity contribution in [2.24, 2.45) is 5.14 Å². The zero-order chi connectivity index (χ0) is 13.0. The number of nitrogens with zero attached hydrogens (tertiary/aromatic N) is 2. The first-order valence-electron chi connectivity index (χ1n) is 5.85. The van der Waals surface area contributed by atoms with Crippen molar-refractivity contribution in [2.45, 2.75) is 53.2 Å². The van der Waals surface area contributed by atoms with Gasteiger partial charge in [-0.1, -0.05) is 46.6 Å². The molecule has 16 heavy (non-hydrogen) atoms. The number of hydrogen-bond acceptors (Lipinski definition) is 4. The topological polar surface area (TPSA) is 51.8 Å². The van der Waals surface area contributed by atoms with E-state index in [4.69, 9.17) is 5.14 Å². The predicted molar refractivity (Wildman–Crippen MR) is 74.4 cm³/mol. The summed E-state index contributed by atoms with van der Waals surface area (Å²) in [5.74, 6) is 0.867. The van der Waals surface area contributed by atoms with Crippen LogP contribution in [0.2, 0.25) is 0 Å². The van der Waals surface area contributed by atoms with Crippen LogP contribution in [0.4, 0.5) is 0 Å². The fourth-order valence-electron chi connectivity index (χ4n) is 0.830. The number of rotatable bonds is 3. The second-order valence-electron chi connectivity index (χ2n) is 2.83. The minimum absolute atomic E-state index is 0.382. The maximum atomic E-state index is 5.41. The Bertz CT molecular complexity index is 237. The molecule has 0 amide bonds. The van der Waals surface area contributed by atoms with Crippen molar-refractivity contribution < 1.29 is 0 Å². The van der Waals surface area contributed by atoms with E-state index < -0.39 is 0 Å². The van der Waals surface area contributed by atoms with Crippen LogP contribution >= 0.6 is 11.9 Å². The average Bonchev–Trinajstić information content (AvgIpc) is 2.37. The minimum Gasteiger partial charge on any atom is -0.278 e. The third-order valence-corrected chi connectivity index (χ3v) is 2.17. The molecule has 0 fully saturated rings. The van der Waals surface area contributed by atoms with Crippen LogP contribution in [0.5, 0.6) is 0 Å². The van der Waals surface area contributed by atoms with Crippen LogP contribution in [0.3, 0.4) is 0 Å². The van der Waals surface area contributed by atoms with E-state index in [0.717, 1.165) is 17.8 Å². The highest BCUT2D eigenvalue weighted by Crippen LogP contribution is 2.06. The Hall–Kier alpha value is -0.610. The van der Waals surface area contributed by atoms with E-state index in [9.17, 15) is 0 Å². The third-order valence-electron chi connectivity index (χ3n) is 1.54. The van der Waals surface area contributed by atoms with E-state index in [2.05, 4.69) is 16.9 Å². The molecule has 3 nitrogen and oxygen atoms in total. The van der Waals surface area contributed by atoms with E-state index >= 15 is 0 Å². The SMILES string of the molecule is CC.CC.Cc1cnc(CC(C)SN)nc1. The fourth-order valence-corrected chi connectivity index (χ4v) is 1.08. The Morgan fingerprint density at radius 3 is 2.00 bits per heavy atom. The largest absolute Gasteiger partial charge is 0.278 e. The number of nitrogens with two attached hydrogens (primary N) is 1. The highest BCUT2D eigenvalue weighted by molar-refractivity contribution is 7.97. The Morgan fingerprint density at radius 2 is 1.62 bits per heavy atom. The van der Waals surface area contributed by atoms with Crippen molar-refractivity contribution in [1.29, 1.82) is 0 Å². The summed E-state index contributed by atoms with van der Waals surface area (Å²) in [5, 5.41) is 5.79. The molecule has 0 saturated carbocycles. The molecule has 1 aromatic rings. The molecular weight excluding hydrogens is 218 g/mol. The molecule has 2 N–H and O–H groups in total. The first kappa shape index (κ1) is 17.8. The van der Waals surface area contributed by atoms with E-state index in [1.807, 2.05) is 47.0 Å². The zero-order valence-corrected chi connectivity index (χ0v) is 12.1. The van der Waals surface area contributed by atoms with Gasteiger partial charge in [0.15, 0.2) is 0 Å². The van der Waals surface area contributed by atoms with Crippen LogP contribution in [0, 0.1) is 6.92 Å². The molecule has 1 rings (SSSR count). The number of aromatic nitrogens is 2. The highest BCUT2D eigenvalue weighted by atomic mass is 32.2. The van der Waals surface area contributed by atoms with Gasteiger partial charge in [0.05, 0.1) is 0 Å². The highest BCUT2D eigenvalue weighted by Gasteiger charge is 2.03. The summed E-state index contributed by atoms with van der Waals surface area (Å²) in [7, 11) is 0. The van der Waals surface area contributed by atoms with Crippen molar-refractivity contribution in [3.05, 3.63) is 23.8 Å². The molecule has 0 bridgehead atoms. The zero-order valence-electron chi connectivity index (χ0n) is 11.3. The number of aryl methyl sites for hydroxylation is 1. The van der Waals surface area contributed by atoms with Crippen molar-refractivity contribution in [3.8, 4) is 0 Å². The van der Waals surface area contributed by atoms with Crippen molar-refractivity contribution in [3.63, 3.8) is 0 Å². The summed E-state index contributed by atoms with van der Waals surface area (Å²) >= 11 is 1.34. The Labute approximate surface area is 104 Å². The third kappa shape index (κ3) is 8.68. The Balaban J connectivity index is 0. The lowest BCUT2D eigenvalue weighted by Crippen LogP contribution is -2.07. The molecule has 0 aliphatic carbocycles. The quantitative estimate of drug-likeness (QED) is 0.827. The Morgan fingerprint density at radius 1 is 1.19 bits per heavy atom. The van der Waals surface area contributed by atoms with Crippen LogP contribution in [-0.2, 0) is 6.42 Å². The van der Waals surface area contributed by atoms with Gasteiger partial charge in [-0.2, -0.15) is 0 Å². The van der Waals surface area contributed by atoms with Gasteiger partial charge >= 0.3 is 0 Å². The van der Waals surface area contributed by atoms with Crippen LogP contribution < -0.4 is 5.14 Å². The summed E-state index contributed by atoms with van der Waals surface area (Å²) in [6.45, 7) is 12.0. The molecule has 1 aromatic heterocycles. The predicted octanol–water partition coefficient (Wildman–Crippen LogP) is 3.38. The summed E-state index contributed by atoms with van der Waals surface area (Å²) in [6, 6.07) is 0. The molecule has 1 unspecified atom stereocenters. The molecule has 0 aliphatic heterocycles. The summed E-state index contributed by atoms with van der Waals surface area (Å²) < 4.78 is 0. The smallest absolute Gasteiger partial charge is 0.129 e. The second kappa shape index (κ2) is 12.5. The van der Waals surface area contributed by atoms with Crippen LogP contribution in [-0.4, -0.2) is 15.2 Å². The van der Waals surface area contributed by atoms with E-state index in [0.29, 0.717) is 5.25 Å². The van der Waals surface area contributed by atoms with Gasteiger partial charge in [-0.15, -0.1) is 0 Å². The molecule has 94 valence electrons. The van der Waals surface area contributed by atoms with Crippen LogP contribution in [0.15, 0.2) is 12.4 Å². The van der Waals surface area contributed by atoms with Gasteiger partial charge in [0.2, 0.25) is 0 Å². The molecule has 0 saturated heterocycles. The monoisotopic (exact) mass is 243 g/mol. The fraction of sp³-hybridized carbons (Fsp3) is 0.667. The first-order valence-corrected chi connectivity index (χ1v) is 6.79. The second-order valence-corrected chi connectivity index (χ2v) is 3.90. The van der Waals surface area contributed by atoms with Gasteiger partial charge in [-0.25, -0.2) is 9.97 Å². The lowest BCUT2D eigenvalue weighted by atomic mass is 10.3. The van der Waals surface area contributed by atoms with E-state index in [1.165, 1.54) is 11.9 Å². The van der Waals surface area contributed by atoms with Gasteiger partial charge < -0.3 is 0 Å². The van der Waals surface area contributed by atoms with E-state index in [-0.39, 0.29) is 0 Å². The minimum atomic E-state index is 0.382. The summed E-state index contributed by atoms with van der Waals surface area (Å²) in [4.78, 5) is 8.37. The first-order chi connectivity index (χ1) is 7.72. The molecule has 0 radical (unpaired) electrons. The molecule has 0 aliphatic rings.